The molecule has 5 aromatic rings. The highest BCUT2D eigenvalue weighted by Crippen LogP contribution is 2.52. The zero-order valence-corrected chi connectivity index (χ0v) is 44.0. The summed E-state index contributed by atoms with van der Waals surface area (Å²) >= 11 is 1.31. The maximum atomic E-state index is 12.7. The first-order valence-corrected chi connectivity index (χ1v) is 29.2. The van der Waals surface area contributed by atoms with Crippen LogP contribution in [0.25, 0.3) is 27.1 Å². The van der Waals surface area contributed by atoms with Gasteiger partial charge in [0.2, 0.25) is 5.69 Å². The highest BCUT2D eigenvalue weighted by Gasteiger charge is 2.46. The fourth-order valence-corrected chi connectivity index (χ4v) is 12.7. The number of nitrogens with zero attached hydrogens (tertiary/aromatic N) is 3. The number of rotatable bonds is 21. The maximum absolute atomic E-state index is 12.7. The molecule has 23 nitrogen and oxygen atoms in total. The van der Waals surface area contributed by atoms with E-state index in [2.05, 4.69) is 23.7 Å². The minimum atomic E-state index is -5.10. The maximum Gasteiger partial charge on any atom is 0.337 e. The Hall–Kier alpha value is -5.19. The lowest BCUT2D eigenvalue weighted by molar-refractivity contribution is -0.438. The monoisotopic (exact) mass is 1140 g/mol. The number of pyridine rings is 1. The summed E-state index contributed by atoms with van der Waals surface area (Å²) in [7, 11) is -19.4. The van der Waals surface area contributed by atoms with Gasteiger partial charge in [-0.3, -0.25) is 23.2 Å². The molecule has 0 unspecified atom stereocenters. The zero-order chi connectivity index (χ0) is 54.3. The van der Waals surface area contributed by atoms with E-state index in [9.17, 15) is 61.8 Å². The summed E-state index contributed by atoms with van der Waals surface area (Å²) in [4.78, 5) is 16.1. The van der Waals surface area contributed by atoms with Crippen LogP contribution in [-0.4, -0.2) is 113 Å². The smallest absolute Gasteiger partial charge is 0.337 e. The molecule has 0 atom stereocenters. The Bertz CT molecular complexity index is 3690. The first-order chi connectivity index (χ1) is 34.5. The minimum Gasteiger partial charge on any atom is -0.478 e. The molecule has 0 saturated heterocycles. The average molecular weight is 1140 g/mol. The number of aromatic nitrogens is 1. The van der Waals surface area contributed by atoms with Crippen molar-refractivity contribution in [1.82, 2.24) is 4.98 Å². The average Bonchev–Trinajstić information content (AvgIpc) is 3.66. The molecule has 7 N–H and O–H groups in total. The van der Waals surface area contributed by atoms with Gasteiger partial charge in [0.25, 0.3) is 40.5 Å². The number of carboxylic acids is 1. The number of carbonyl (C=O) groups is 1. The summed E-state index contributed by atoms with van der Waals surface area (Å²) in [5.41, 5.74) is 1.09. The summed E-state index contributed by atoms with van der Waals surface area (Å²) in [5, 5.41) is 35.7. The second-order valence-electron chi connectivity index (χ2n) is 17.7. The van der Waals surface area contributed by atoms with Gasteiger partial charge in [-0.1, -0.05) is 36.1 Å². The Kier molecular flexibility index (Phi) is 16.4. The van der Waals surface area contributed by atoms with E-state index in [0.717, 1.165) is 30.4 Å². The first-order valence-electron chi connectivity index (χ1n) is 21.6. The second-order valence-corrected chi connectivity index (χ2v) is 25.1. The van der Waals surface area contributed by atoms with Crippen LogP contribution >= 0.6 is 24.1 Å². The van der Waals surface area contributed by atoms with Gasteiger partial charge in [-0.15, -0.1) is 8.67 Å². The summed E-state index contributed by atoms with van der Waals surface area (Å²) in [6.45, 7) is 7.35. The lowest BCUT2D eigenvalue weighted by Crippen LogP contribution is -2.28. The molecule has 0 fully saturated rings. The van der Waals surface area contributed by atoms with Crippen LogP contribution < -0.4 is 4.90 Å². The van der Waals surface area contributed by atoms with Crippen LogP contribution in [0, 0.1) is 0 Å². The van der Waals surface area contributed by atoms with Gasteiger partial charge in [-0.25, -0.2) is 15.3 Å². The predicted octanol–water partition coefficient (Wildman–Crippen LogP) is 7.69. The van der Waals surface area contributed by atoms with Crippen molar-refractivity contribution in [3.8, 4) is 0 Å². The molecule has 2 aliphatic rings. The van der Waals surface area contributed by atoms with Gasteiger partial charge in [-0.2, -0.15) is 38.2 Å². The highest BCUT2D eigenvalue weighted by molar-refractivity contribution is 7.95. The van der Waals surface area contributed by atoms with E-state index in [1.807, 2.05) is 18.4 Å². The molecule has 0 radical (unpaired) electrons. The van der Waals surface area contributed by atoms with Crippen molar-refractivity contribution in [3.63, 3.8) is 0 Å². The number of anilines is 1. The van der Waals surface area contributed by atoms with Crippen molar-refractivity contribution in [3.05, 3.63) is 119 Å². The van der Waals surface area contributed by atoms with Crippen LogP contribution in [0.15, 0.2) is 116 Å². The third-order valence-corrected chi connectivity index (χ3v) is 17.1. The molecule has 3 heterocycles. The number of allylic oxidation sites excluding steroid dienone is 6. The van der Waals surface area contributed by atoms with Crippen molar-refractivity contribution < 1.29 is 95.6 Å². The van der Waals surface area contributed by atoms with Crippen molar-refractivity contribution in [1.29, 1.82) is 0 Å². The predicted molar refractivity (Wildman–Crippen MR) is 270 cm³/mol. The van der Waals surface area contributed by atoms with E-state index in [-0.39, 0.29) is 46.4 Å². The Morgan fingerprint density at radius 3 is 2.00 bits per heavy atom. The fraction of sp³-hybridized carbons (Fsp3) is 0.267. The van der Waals surface area contributed by atoms with Gasteiger partial charge in [0, 0.05) is 87.3 Å². The molecule has 1 aromatic heterocycles. The lowest BCUT2D eigenvalue weighted by Gasteiger charge is -2.27. The van der Waals surface area contributed by atoms with E-state index in [1.165, 1.54) is 30.3 Å². The molecule has 396 valence electrons. The number of carboxylic acid groups (broad SMARTS) is 1. The van der Waals surface area contributed by atoms with Crippen LogP contribution in [0.5, 0.6) is 0 Å². The topological polar surface area (TPSA) is 351 Å². The molecular formula is C45H46N3O20S6+. The Morgan fingerprint density at radius 1 is 0.757 bits per heavy atom. The number of hydrogen-bond acceptors (Lipinski definition) is 19. The Labute approximate surface area is 432 Å². The van der Waals surface area contributed by atoms with Crippen molar-refractivity contribution in [2.45, 2.75) is 70.9 Å². The highest BCUT2D eigenvalue weighted by atomic mass is 32.2. The van der Waals surface area contributed by atoms with E-state index < -0.39 is 77.7 Å². The SMILES string of the molecule is CC1(C)C(/C=C/C(=C/C=C2/N(CCCS(=O)(=O)O)c3ccc4c(S(=O)(=O)O)cc(S(=O)(=O)O)cc4c3C2(C)C)c2ccc(C(=O)O)cn2)=[N+](CCCSOOO)c2ccc3c(SOOO)cc(S(=O)(=O)O)cc3c21. The largest absolute Gasteiger partial charge is 0.478 e. The molecule has 74 heavy (non-hydrogen) atoms. The standard InChI is InChI=1S/C45H45N3O20S6/c1-44(2)39(47(17-5-19-69-67-65-51)35-13-10-30-32(41(35)44)21-28(72(56,57)58)23-37(30)70-68-66-52)15-8-26(34-12-7-27(25-46-34)43(49)50)9-16-40-45(3,4)42-33-22-29(73(59,60)61)24-38(74(62,63)64)31(33)11-14-36(42)48(40)18-6-20-71(53,54)55/h7-16,21-25H,5-6,17-20H2,1-4H3,(H6-,49,50,51,52,53,54,55,56,57,58,59,60,61,62,63,64)/p+1. The van der Waals surface area contributed by atoms with Crippen molar-refractivity contribution in [2.24, 2.45) is 0 Å². The molecule has 2 aliphatic heterocycles. The van der Waals surface area contributed by atoms with Crippen LogP contribution in [0.3, 0.4) is 0 Å². The molecular weight excluding hydrogens is 1090 g/mol. The number of fused-ring (bicyclic) bond motifs is 6. The summed E-state index contributed by atoms with van der Waals surface area (Å²) in [6.07, 6.45) is 8.10. The third kappa shape index (κ3) is 11.8. The molecule has 4 aromatic carbocycles. The van der Waals surface area contributed by atoms with Gasteiger partial charge in [0.15, 0.2) is 5.71 Å². The molecule has 0 saturated carbocycles. The van der Waals surface area contributed by atoms with Crippen LogP contribution in [-0.2, 0) is 70.0 Å². The number of hydrogen-bond donors (Lipinski definition) is 7. The van der Waals surface area contributed by atoms with Gasteiger partial charge in [0.1, 0.15) is 11.4 Å². The normalized spacial score (nSPS) is 16.5. The molecule has 29 heteroatoms. The van der Waals surface area contributed by atoms with E-state index in [1.54, 1.807) is 55.2 Å². The summed E-state index contributed by atoms with van der Waals surface area (Å²) in [5.74, 6) is -1.62. The van der Waals surface area contributed by atoms with Crippen molar-refractivity contribution in [2.75, 3.05) is 29.5 Å². The zero-order valence-electron chi connectivity index (χ0n) is 39.1. The third-order valence-electron chi connectivity index (χ3n) is 12.4. The summed E-state index contributed by atoms with van der Waals surface area (Å²) in [6, 6.07) is 13.2. The Morgan fingerprint density at radius 2 is 1.41 bits per heavy atom. The second kappa shape index (κ2) is 21.4. The van der Waals surface area contributed by atoms with Crippen LogP contribution in [0.4, 0.5) is 11.4 Å². The fourth-order valence-electron chi connectivity index (χ4n) is 9.39. The summed E-state index contributed by atoms with van der Waals surface area (Å²) < 4.78 is 151. The number of benzene rings is 4. The van der Waals surface area contributed by atoms with Gasteiger partial charge < -0.3 is 10.0 Å². The van der Waals surface area contributed by atoms with Crippen LogP contribution in [0.2, 0.25) is 0 Å². The number of aromatic carboxylic acids is 1. The van der Waals surface area contributed by atoms with Gasteiger partial charge in [0.05, 0.1) is 44.3 Å². The molecule has 0 amide bonds. The van der Waals surface area contributed by atoms with Crippen LogP contribution in [0.1, 0.15) is 67.7 Å². The molecule has 0 spiro atoms. The molecule has 0 bridgehead atoms. The lowest BCUT2D eigenvalue weighted by atomic mass is 9.79. The molecule has 7 rings (SSSR count). The molecule has 0 aliphatic carbocycles. The minimum absolute atomic E-state index is 0.00182. The Balaban J connectivity index is 1.46. The van der Waals surface area contributed by atoms with E-state index in [0.29, 0.717) is 80.5 Å². The van der Waals surface area contributed by atoms with E-state index in [4.69, 9.17) is 10.5 Å². The van der Waals surface area contributed by atoms with Crippen molar-refractivity contribution >= 4 is 115 Å². The first kappa shape index (κ1) is 56.5. The van der Waals surface area contributed by atoms with E-state index >= 15 is 0 Å². The quantitative estimate of drug-likeness (QED) is 0.00704. The van der Waals surface area contributed by atoms with Gasteiger partial charge in [-0.05, 0) is 103 Å². The van der Waals surface area contributed by atoms with Gasteiger partial charge >= 0.3 is 5.97 Å².